The molecule has 2 aromatic heterocycles. The molecular formula is C24H21FN4. The number of hydrogen-bond donors (Lipinski definition) is 0. The fourth-order valence-corrected chi connectivity index (χ4v) is 3.99. The van der Waals surface area contributed by atoms with E-state index < -0.39 is 0 Å². The molecule has 1 unspecified atom stereocenters. The van der Waals surface area contributed by atoms with Crippen molar-refractivity contribution in [3.63, 3.8) is 0 Å². The minimum absolute atomic E-state index is 0.109. The first kappa shape index (κ1) is 17.7. The molecule has 2 aliphatic heterocycles. The van der Waals surface area contributed by atoms with E-state index in [-0.39, 0.29) is 11.7 Å². The van der Waals surface area contributed by atoms with Crippen molar-refractivity contribution in [2.75, 3.05) is 11.4 Å². The summed E-state index contributed by atoms with van der Waals surface area (Å²) < 4.78 is 14.6. The van der Waals surface area contributed by atoms with Gasteiger partial charge in [-0.05, 0) is 35.8 Å². The summed E-state index contributed by atoms with van der Waals surface area (Å²) in [4.78, 5) is 16.1. The van der Waals surface area contributed by atoms with Crippen molar-refractivity contribution in [2.45, 2.75) is 19.4 Å². The first-order chi connectivity index (χ1) is 14.3. The van der Waals surface area contributed by atoms with Gasteiger partial charge < -0.3 is 4.90 Å². The van der Waals surface area contributed by atoms with E-state index >= 15 is 0 Å². The second kappa shape index (κ2) is 7.59. The third kappa shape index (κ3) is 3.68. The Bertz CT molecular complexity index is 1080. The number of benzene rings is 1. The molecule has 0 radical (unpaired) electrons. The lowest BCUT2D eigenvalue weighted by atomic mass is 9.94. The second-order valence-electron chi connectivity index (χ2n) is 7.54. The molecule has 29 heavy (non-hydrogen) atoms. The van der Waals surface area contributed by atoms with Crippen LogP contribution in [-0.4, -0.2) is 21.5 Å². The molecule has 2 bridgehead atoms. The molecule has 6 rings (SSSR count). The minimum atomic E-state index is -0.109. The standard InChI is InChI=1S/C24H21FN4/c25-21-12-18-9-10-19(21)13-20-14-27-23(22-8-4-5-11-26-22)28-24(20)29(16-18)15-17-6-2-1-3-7-17/h1-8,10-12,14,18H,9,13,15-16H2. The van der Waals surface area contributed by atoms with E-state index in [0.29, 0.717) is 25.3 Å². The van der Waals surface area contributed by atoms with Crippen LogP contribution in [0.1, 0.15) is 17.5 Å². The Morgan fingerprint density at radius 2 is 1.90 bits per heavy atom. The van der Waals surface area contributed by atoms with Crippen LogP contribution in [0.3, 0.4) is 0 Å². The highest BCUT2D eigenvalue weighted by Gasteiger charge is 2.26. The Balaban J connectivity index is 1.60. The molecule has 0 saturated heterocycles. The Morgan fingerprint density at radius 3 is 2.69 bits per heavy atom. The SMILES string of the molecule is FC1=CC2CC=C1Cc1cnc(-c3ccccn3)nc1N(Cc1ccccc1)C2. The zero-order valence-corrected chi connectivity index (χ0v) is 16.0. The monoisotopic (exact) mass is 384 g/mol. The molecule has 1 atom stereocenters. The molecule has 144 valence electrons. The van der Waals surface area contributed by atoms with Crippen molar-refractivity contribution in [3.8, 4) is 11.5 Å². The Labute approximate surface area is 169 Å². The zero-order valence-electron chi connectivity index (χ0n) is 16.0. The number of anilines is 1. The number of aromatic nitrogens is 3. The lowest BCUT2D eigenvalue weighted by Crippen LogP contribution is -2.30. The molecule has 3 aromatic rings. The van der Waals surface area contributed by atoms with Gasteiger partial charge in [0, 0.05) is 43.4 Å². The summed E-state index contributed by atoms with van der Waals surface area (Å²) in [5.41, 5.74) is 3.61. The quantitative estimate of drug-likeness (QED) is 0.644. The average Bonchev–Trinajstić information content (AvgIpc) is 2.86. The number of nitrogens with zero attached hydrogens (tertiary/aromatic N) is 4. The number of fused-ring (bicyclic) bond motifs is 2. The molecule has 0 N–H and O–H groups in total. The van der Waals surface area contributed by atoms with Crippen LogP contribution in [0.2, 0.25) is 0 Å². The molecule has 0 fully saturated rings. The molecule has 1 aromatic carbocycles. The second-order valence-corrected chi connectivity index (χ2v) is 7.54. The lowest BCUT2D eigenvalue weighted by molar-refractivity contribution is 0.562. The maximum atomic E-state index is 14.6. The molecule has 0 spiro atoms. The average molecular weight is 384 g/mol. The molecule has 4 nitrogen and oxygen atoms in total. The minimum Gasteiger partial charge on any atom is -0.351 e. The summed E-state index contributed by atoms with van der Waals surface area (Å²) in [6.07, 6.45) is 8.72. The molecule has 0 amide bonds. The highest BCUT2D eigenvalue weighted by Crippen LogP contribution is 2.34. The first-order valence-electron chi connectivity index (χ1n) is 9.89. The first-order valence-corrected chi connectivity index (χ1v) is 9.89. The molecular weight excluding hydrogens is 363 g/mol. The highest BCUT2D eigenvalue weighted by atomic mass is 19.1. The van der Waals surface area contributed by atoms with E-state index in [1.807, 2.05) is 48.7 Å². The largest absolute Gasteiger partial charge is 0.351 e. The van der Waals surface area contributed by atoms with Crippen molar-refractivity contribution >= 4 is 5.82 Å². The van der Waals surface area contributed by atoms with E-state index in [2.05, 4.69) is 27.0 Å². The predicted molar refractivity (Wildman–Crippen MR) is 112 cm³/mol. The number of halogens is 1. The van der Waals surface area contributed by atoms with Crippen LogP contribution < -0.4 is 4.90 Å². The summed E-state index contributed by atoms with van der Waals surface area (Å²) in [5.74, 6) is 1.48. The molecule has 3 aliphatic rings. The van der Waals surface area contributed by atoms with Gasteiger partial charge in [0.1, 0.15) is 17.3 Å². The summed E-state index contributed by atoms with van der Waals surface area (Å²) in [7, 11) is 0. The van der Waals surface area contributed by atoms with Crippen LogP contribution in [0.15, 0.2) is 84.5 Å². The van der Waals surface area contributed by atoms with Gasteiger partial charge in [-0.2, -0.15) is 0 Å². The third-order valence-electron chi connectivity index (χ3n) is 5.44. The third-order valence-corrected chi connectivity index (χ3v) is 5.44. The smallest absolute Gasteiger partial charge is 0.180 e. The van der Waals surface area contributed by atoms with E-state index in [9.17, 15) is 4.39 Å². The maximum absolute atomic E-state index is 14.6. The van der Waals surface area contributed by atoms with Crippen LogP contribution in [0.4, 0.5) is 10.2 Å². The number of hydrogen-bond acceptors (Lipinski definition) is 4. The van der Waals surface area contributed by atoms with E-state index in [4.69, 9.17) is 4.98 Å². The summed E-state index contributed by atoms with van der Waals surface area (Å²) in [6, 6.07) is 16.0. The summed E-state index contributed by atoms with van der Waals surface area (Å²) in [5, 5.41) is 0. The Kier molecular flexibility index (Phi) is 4.64. The van der Waals surface area contributed by atoms with Gasteiger partial charge in [0.15, 0.2) is 5.82 Å². The summed E-state index contributed by atoms with van der Waals surface area (Å²) in [6.45, 7) is 1.42. The highest BCUT2D eigenvalue weighted by molar-refractivity contribution is 5.58. The van der Waals surface area contributed by atoms with Gasteiger partial charge in [-0.1, -0.05) is 42.5 Å². The van der Waals surface area contributed by atoms with Gasteiger partial charge in [0.25, 0.3) is 0 Å². The Hall–Kier alpha value is -3.34. The van der Waals surface area contributed by atoms with Crippen molar-refractivity contribution in [1.82, 2.24) is 15.0 Å². The van der Waals surface area contributed by atoms with E-state index in [1.54, 1.807) is 12.3 Å². The van der Waals surface area contributed by atoms with Gasteiger partial charge in [0.2, 0.25) is 0 Å². The van der Waals surface area contributed by atoms with Crippen molar-refractivity contribution < 1.29 is 4.39 Å². The van der Waals surface area contributed by atoms with E-state index in [0.717, 1.165) is 29.1 Å². The molecule has 1 aliphatic carbocycles. The predicted octanol–water partition coefficient (Wildman–Crippen LogP) is 4.90. The molecule has 5 heteroatoms. The van der Waals surface area contributed by atoms with Gasteiger partial charge in [-0.25, -0.2) is 14.4 Å². The van der Waals surface area contributed by atoms with Crippen molar-refractivity contribution in [2.24, 2.45) is 5.92 Å². The summed E-state index contributed by atoms with van der Waals surface area (Å²) >= 11 is 0. The Morgan fingerprint density at radius 1 is 1.03 bits per heavy atom. The van der Waals surface area contributed by atoms with Crippen molar-refractivity contribution in [3.05, 3.63) is 95.6 Å². The fourth-order valence-electron chi connectivity index (χ4n) is 3.99. The number of allylic oxidation sites excluding steroid dienone is 3. The fraction of sp³-hybridized carbons (Fsp3) is 0.208. The van der Waals surface area contributed by atoms with Crippen LogP contribution in [0.25, 0.3) is 11.5 Å². The van der Waals surface area contributed by atoms with Gasteiger partial charge in [-0.15, -0.1) is 0 Å². The topological polar surface area (TPSA) is 41.9 Å². The normalized spacial score (nSPS) is 18.2. The van der Waals surface area contributed by atoms with Gasteiger partial charge in [-0.3, -0.25) is 4.98 Å². The van der Waals surface area contributed by atoms with Crippen LogP contribution in [0.5, 0.6) is 0 Å². The van der Waals surface area contributed by atoms with Crippen LogP contribution >= 0.6 is 0 Å². The molecule has 0 saturated carbocycles. The van der Waals surface area contributed by atoms with Gasteiger partial charge >= 0.3 is 0 Å². The number of pyridine rings is 1. The zero-order chi connectivity index (χ0) is 19.6. The maximum Gasteiger partial charge on any atom is 0.180 e. The number of rotatable bonds is 3. The van der Waals surface area contributed by atoms with Crippen LogP contribution in [0, 0.1) is 5.92 Å². The lowest BCUT2D eigenvalue weighted by Gasteiger charge is -2.28. The molecule has 4 heterocycles. The van der Waals surface area contributed by atoms with Gasteiger partial charge in [0.05, 0.1) is 0 Å². The van der Waals surface area contributed by atoms with Crippen LogP contribution in [-0.2, 0) is 13.0 Å². The van der Waals surface area contributed by atoms with Crippen molar-refractivity contribution in [1.29, 1.82) is 0 Å². The van der Waals surface area contributed by atoms with E-state index in [1.165, 1.54) is 5.56 Å².